The molecule has 5 heteroatoms. The van der Waals surface area contributed by atoms with Crippen molar-refractivity contribution in [2.45, 2.75) is 12.5 Å². The minimum Gasteiger partial charge on any atom is -0.324 e. The zero-order chi connectivity index (χ0) is 14.0. The summed E-state index contributed by atoms with van der Waals surface area (Å²) in [5.41, 5.74) is 7.49. The number of halogens is 4. The molecule has 0 saturated heterocycles. The molecule has 2 N–H and O–H groups in total. The van der Waals surface area contributed by atoms with Gasteiger partial charge in [-0.3, -0.25) is 0 Å². The first kappa shape index (κ1) is 14.6. The molecule has 0 amide bonds. The molecule has 0 saturated carbocycles. The summed E-state index contributed by atoms with van der Waals surface area (Å²) in [5, 5.41) is 0. The van der Waals surface area contributed by atoms with Crippen LogP contribution in [0.4, 0.5) is 8.78 Å². The Bertz CT molecular complexity index is 602. The minimum absolute atomic E-state index is 0.331. The summed E-state index contributed by atoms with van der Waals surface area (Å²) in [6, 6.07) is 9.10. The van der Waals surface area contributed by atoms with Crippen molar-refractivity contribution in [2.75, 3.05) is 0 Å². The van der Waals surface area contributed by atoms with Gasteiger partial charge in [-0.25, -0.2) is 8.78 Å². The van der Waals surface area contributed by atoms with Crippen LogP contribution in [0.2, 0.25) is 0 Å². The first-order valence-electron chi connectivity index (χ1n) is 5.63. The van der Waals surface area contributed by atoms with Gasteiger partial charge in [0.2, 0.25) is 0 Å². The predicted octanol–water partition coefficient (Wildman–Crippen LogP) is 4.73. The predicted molar refractivity (Wildman–Crippen MR) is 78.8 cm³/mol. The van der Waals surface area contributed by atoms with Crippen LogP contribution < -0.4 is 5.73 Å². The molecule has 0 aliphatic rings. The van der Waals surface area contributed by atoms with E-state index in [-0.39, 0.29) is 11.6 Å². The molecule has 1 atom stereocenters. The maximum Gasteiger partial charge on any atom is 0.137 e. The van der Waals surface area contributed by atoms with Gasteiger partial charge in [-0.2, -0.15) is 0 Å². The second kappa shape index (κ2) is 6.11. The van der Waals surface area contributed by atoms with E-state index in [1.165, 1.54) is 12.1 Å². The van der Waals surface area contributed by atoms with E-state index in [9.17, 15) is 8.78 Å². The van der Waals surface area contributed by atoms with E-state index in [0.29, 0.717) is 20.9 Å². The molecule has 0 fully saturated rings. The van der Waals surface area contributed by atoms with Crippen molar-refractivity contribution in [3.63, 3.8) is 0 Å². The van der Waals surface area contributed by atoms with Gasteiger partial charge in [0.15, 0.2) is 0 Å². The molecular formula is C14H11Br2F2N. The molecule has 0 heterocycles. The van der Waals surface area contributed by atoms with Gasteiger partial charge < -0.3 is 5.73 Å². The quantitative estimate of drug-likeness (QED) is 0.805. The van der Waals surface area contributed by atoms with Gasteiger partial charge in [0.1, 0.15) is 11.6 Å². The van der Waals surface area contributed by atoms with E-state index in [1.807, 2.05) is 0 Å². The van der Waals surface area contributed by atoms with Crippen molar-refractivity contribution in [3.05, 3.63) is 68.1 Å². The first-order chi connectivity index (χ1) is 9.00. The smallest absolute Gasteiger partial charge is 0.137 e. The first-order valence-corrected chi connectivity index (χ1v) is 7.21. The van der Waals surface area contributed by atoms with Crippen LogP contribution in [0, 0.1) is 11.6 Å². The lowest BCUT2D eigenvalue weighted by Gasteiger charge is -2.15. The van der Waals surface area contributed by atoms with E-state index in [2.05, 4.69) is 31.9 Å². The lowest BCUT2D eigenvalue weighted by atomic mass is 9.99. The van der Waals surface area contributed by atoms with Crippen molar-refractivity contribution < 1.29 is 8.78 Å². The standard InChI is InChI=1S/C14H11Br2F2N/c15-13-8(3-1-5-10(13)17)7-12(19)9-4-2-6-11(18)14(9)16/h1-6,12H,7,19H2. The molecule has 19 heavy (non-hydrogen) atoms. The van der Waals surface area contributed by atoms with E-state index in [1.54, 1.807) is 24.3 Å². The average molecular weight is 391 g/mol. The Balaban J connectivity index is 2.28. The van der Waals surface area contributed by atoms with Crippen LogP contribution in [0.15, 0.2) is 45.3 Å². The van der Waals surface area contributed by atoms with Crippen LogP contribution in [0.25, 0.3) is 0 Å². The summed E-state index contributed by atoms with van der Waals surface area (Å²) >= 11 is 6.38. The molecule has 0 bridgehead atoms. The van der Waals surface area contributed by atoms with Crippen LogP contribution in [-0.4, -0.2) is 0 Å². The number of benzene rings is 2. The van der Waals surface area contributed by atoms with Crippen LogP contribution in [0.3, 0.4) is 0 Å². The summed E-state index contributed by atoms with van der Waals surface area (Å²) in [6.45, 7) is 0. The van der Waals surface area contributed by atoms with Crippen LogP contribution in [-0.2, 0) is 6.42 Å². The second-order valence-electron chi connectivity index (χ2n) is 4.17. The van der Waals surface area contributed by atoms with Gasteiger partial charge in [-0.1, -0.05) is 24.3 Å². The van der Waals surface area contributed by atoms with E-state index in [4.69, 9.17) is 5.73 Å². The highest BCUT2D eigenvalue weighted by Gasteiger charge is 2.15. The van der Waals surface area contributed by atoms with Gasteiger partial charge in [0.25, 0.3) is 0 Å². The Morgan fingerprint density at radius 3 is 2.21 bits per heavy atom. The fraction of sp³-hybridized carbons (Fsp3) is 0.143. The van der Waals surface area contributed by atoms with Crippen molar-refractivity contribution in [3.8, 4) is 0 Å². The van der Waals surface area contributed by atoms with Crippen molar-refractivity contribution >= 4 is 31.9 Å². The SMILES string of the molecule is NC(Cc1cccc(F)c1Br)c1cccc(F)c1Br. The topological polar surface area (TPSA) is 26.0 Å². The monoisotopic (exact) mass is 389 g/mol. The number of rotatable bonds is 3. The maximum atomic E-state index is 13.5. The third kappa shape index (κ3) is 3.22. The Kier molecular flexibility index (Phi) is 4.71. The van der Waals surface area contributed by atoms with Crippen molar-refractivity contribution in [1.29, 1.82) is 0 Å². The summed E-state index contributed by atoms with van der Waals surface area (Å²) in [4.78, 5) is 0. The van der Waals surface area contributed by atoms with Crippen molar-refractivity contribution in [2.24, 2.45) is 5.73 Å². The molecule has 0 aliphatic heterocycles. The fourth-order valence-electron chi connectivity index (χ4n) is 1.86. The maximum absolute atomic E-state index is 13.5. The average Bonchev–Trinajstić information content (AvgIpc) is 2.38. The Labute approximate surface area is 127 Å². The Morgan fingerprint density at radius 2 is 1.53 bits per heavy atom. The number of hydrogen-bond donors (Lipinski definition) is 1. The van der Waals surface area contributed by atoms with E-state index in [0.717, 1.165) is 5.56 Å². The second-order valence-corrected chi connectivity index (χ2v) is 5.75. The van der Waals surface area contributed by atoms with Gasteiger partial charge in [-0.15, -0.1) is 0 Å². The summed E-state index contributed by atoms with van der Waals surface area (Å²) < 4.78 is 27.6. The largest absolute Gasteiger partial charge is 0.324 e. The molecule has 2 aromatic rings. The molecule has 2 aromatic carbocycles. The highest BCUT2D eigenvalue weighted by Crippen LogP contribution is 2.29. The van der Waals surface area contributed by atoms with E-state index >= 15 is 0 Å². The highest BCUT2D eigenvalue weighted by molar-refractivity contribution is 9.10. The van der Waals surface area contributed by atoms with Gasteiger partial charge in [-0.05, 0) is 61.5 Å². The lowest BCUT2D eigenvalue weighted by molar-refractivity contribution is 0.604. The molecule has 0 radical (unpaired) electrons. The zero-order valence-corrected chi connectivity index (χ0v) is 13.0. The molecular weight excluding hydrogens is 380 g/mol. The van der Waals surface area contributed by atoms with E-state index < -0.39 is 6.04 Å². The molecule has 100 valence electrons. The number of hydrogen-bond acceptors (Lipinski definition) is 1. The molecule has 1 unspecified atom stereocenters. The van der Waals surface area contributed by atoms with Crippen molar-refractivity contribution in [1.82, 2.24) is 0 Å². The third-order valence-corrected chi connectivity index (χ3v) is 4.58. The van der Waals surface area contributed by atoms with Crippen LogP contribution in [0.5, 0.6) is 0 Å². The lowest BCUT2D eigenvalue weighted by Crippen LogP contribution is -2.15. The summed E-state index contributed by atoms with van der Waals surface area (Å²) in [6.07, 6.45) is 0.417. The fourth-order valence-corrected chi connectivity index (χ4v) is 2.84. The molecule has 0 aliphatic carbocycles. The third-order valence-electron chi connectivity index (χ3n) is 2.85. The molecule has 0 spiro atoms. The molecule has 0 aromatic heterocycles. The normalized spacial score (nSPS) is 12.5. The molecule has 2 rings (SSSR count). The van der Waals surface area contributed by atoms with Gasteiger partial charge in [0, 0.05) is 6.04 Å². The Hall–Kier alpha value is -0.780. The summed E-state index contributed by atoms with van der Waals surface area (Å²) in [7, 11) is 0. The minimum atomic E-state index is -0.414. The highest BCUT2D eigenvalue weighted by atomic mass is 79.9. The van der Waals surface area contributed by atoms with Gasteiger partial charge >= 0.3 is 0 Å². The van der Waals surface area contributed by atoms with Gasteiger partial charge in [0.05, 0.1) is 8.95 Å². The number of nitrogens with two attached hydrogens (primary N) is 1. The van der Waals surface area contributed by atoms with Crippen LogP contribution >= 0.6 is 31.9 Å². The molecule has 1 nitrogen and oxygen atoms in total. The van der Waals surface area contributed by atoms with Crippen LogP contribution in [0.1, 0.15) is 17.2 Å². The zero-order valence-electron chi connectivity index (χ0n) is 9.84. The Morgan fingerprint density at radius 1 is 0.947 bits per heavy atom. The summed E-state index contributed by atoms with van der Waals surface area (Å²) in [5.74, 6) is -0.686.